The second kappa shape index (κ2) is 8.53. The highest BCUT2D eigenvalue weighted by atomic mass is 16.3. The van der Waals surface area contributed by atoms with E-state index in [4.69, 9.17) is 8.83 Å². The van der Waals surface area contributed by atoms with Crippen molar-refractivity contribution in [1.82, 2.24) is 15.1 Å². The number of hydrogen-bond donors (Lipinski definition) is 1. The summed E-state index contributed by atoms with van der Waals surface area (Å²) in [4.78, 5) is 28.0. The third kappa shape index (κ3) is 5.22. The van der Waals surface area contributed by atoms with Crippen molar-refractivity contribution in [1.29, 1.82) is 0 Å². The van der Waals surface area contributed by atoms with Crippen molar-refractivity contribution >= 4 is 11.8 Å². The first-order valence-electron chi connectivity index (χ1n) is 8.52. The van der Waals surface area contributed by atoms with Crippen LogP contribution in [0.5, 0.6) is 0 Å². The highest BCUT2D eigenvalue weighted by Gasteiger charge is 2.19. The minimum Gasteiger partial charge on any atom is -0.468 e. The molecule has 0 aliphatic carbocycles. The fraction of sp³-hybridized carbons (Fsp3) is 0.444. The Morgan fingerprint density at radius 1 is 1.04 bits per heavy atom. The molecule has 1 saturated heterocycles. The lowest BCUT2D eigenvalue weighted by molar-refractivity contribution is -0.132. The molecule has 0 unspecified atom stereocenters. The number of nitrogens with zero attached hydrogens (tertiary/aromatic N) is 2. The van der Waals surface area contributed by atoms with Gasteiger partial charge in [0.25, 0.3) is 0 Å². The molecule has 0 bridgehead atoms. The van der Waals surface area contributed by atoms with E-state index in [-0.39, 0.29) is 24.9 Å². The van der Waals surface area contributed by atoms with E-state index in [1.165, 1.54) is 0 Å². The van der Waals surface area contributed by atoms with Crippen LogP contribution in [0.1, 0.15) is 24.4 Å². The second-order valence-corrected chi connectivity index (χ2v) is 6.17. The zero-order valence-corrected chi connectivity index (χ0v) is 14.1. The summed E-state index contributed by atoms with van der Waals surface area (Å²) in [6.07, 6.45) is 5.30. The molecular formula is C18H23N3O4. The van der Waals surface area contributed by atoms with Gasteiger partial charge in [-0.05, 0) is 37.1 Å². The van der Waals surface area contributed by atoms with Crippen molar-refractivity contribution < 1.29 is 18.4 Å². The van der Waals surface area contributed by atoms with Gasteiger partial charge in [-0.25, -0.2) is 0 Å². The smallest absolute Gasteiger partial charge is 0.241 e. The first-order valence-corrected chi connectivity index (χ1v) is 8.52. The first-order chi connectivity index (χ1) is 12.2. The van der Waals surface area contributed by atoms with Gasteiger partial charge < -0.3 is 19.1 Å². The average molecular weight is 345 g/mol. The minimum atomic E-state index is -0.189. The predicted octanol–water partition coefficient (Wildman–Crippen LogP) is 1.61. The SMILES string of the molecule is O=C(CN(Cc1ccco1)Cc1ccco1)NCC(=O)N1CCCC1. The average Bonchev–Trinajstić information content (AvgIpc) is 3.35. The van der Waals surface area contributed by atoms with Gasteiger partial charge in [0.05, 0.1) is 38.7 Å². The van der Waals surface area contributed by atoms with Gasteiger partial charge in [0.15, 0.2) is 0 Å². The molecule has 2 aromatic heterocycles. The molecule has 3 rings (SSSR count). The second-order valence-electron chi connectivity index (χ2n) is 6.17. The summed E-state index contributed by atoms with van der Waals surface area (Å²) in [5.74, 6) is 1.33. The van der Waals surface area contributed by atoms with Gasteiger partial charge in [-0.2, -0.15) is 0 Å². The summed E-state index contributed by atoms with van der Waals surface area (Å²) in [5, 5.41) is 2.72. The van der Waals surface area contributed by atoms with Gasteiger partial charge in [-0.1, -0.05) is 0 Å². The van der Waals surface area contributed by atoms with Crippen LogP contribution < -0.4 is 5.32 Å². The lowest BCUT2D eigenvalue weighted by atomic mass is 10.3. The Kier molecular flexibility index (Phi) is 5.90. The maximum Gasteiger partial charge on any atom is 0.241 e. The quantitative estimate of drug-likeness (QED) is 0.786. The fourth-order valence-corrected chi connectivity index (χ4v) is 2.93. The molecule has 1 aliphatic heterocycles. The van der Waals surface area contributed by atoms with Crippen molar-refractivity contribution in [2.24, 2.45) is 0 Å². The van der Waals surface area contributed by atoms with Crippen molar-refractivity contribution in [3.8, 4) is 0 Å². The number of amides is 2. The number of hydrogen-bond acceptors (Lipinski definition) is 5. The summed E-state index contributed by atoms with van der Waals surface area (Å²) in [6.45, 7) is 2.76. The maximum atomic E-state index is 12.2. The highest BCUT2D eigenvalue weighted by molar-refractivity contribution is 5.85. The van der Waals surface area contributed by atoms with Crippen molar-refractivity contribution in [3.63, 3.8) is 0 Å². The van der Waals surface area contributed by atoms with Crippen LogP contribution in [0.25, 0.3) is 0 Å². The largest absolute Gasteiger partial charge is 0.468 e. The van der Waals surface area contributed by atoms with E-state index in [1.807, 2.05) is 29.2 Å². The third-order valence-electron chi connectivity index (χ3n) is 4.18. The molecule has 3 heterocycles. The number of carbonyl (C=O) groups is 2. The first kappa shape index (κ1) is 17.3. The van der Waals surface area contributed by atoms with Crippen LogP contribution >= 0.6 is 0 Å². The number of rotatable bonds is 8. The molecule has 1 fully saturated rings. The Labute approximate surface area is 146 Å². The molecule has 0 radical (unpaired) electrons. The predicted molar refractivity (Wildman–Crippen MR) is 90.4 cm³/mol. The summed E-state index contributed by atoms with van der Waals surface area (Å²) in [5.41, 5.74) is 0. The minimum absolute atomic E-state index is 0.0190. The van der Waals surface area contributed by atoms with Gasteiger partial charge in [0, 0.05) is 13.1 Å². The third-order valence-corrected chi connectivity index (χ3v) is 4.18. The van der Waals surface area contributed by atoms with Gasteiger partial charge in [-0.3, -0.25) is 14.5 Å². The normalized spacial score (nSPS) is 14.2. The van der Waals surface area contributed by atoms with E-state index in [0.29, 0.717) is 13.1 Å². The van der Waals surface area contributed by atoms with Crippen LogP contribution in [0.3, 0.4) is 0 Å². The van der Waals surface area contributed by atoms with E-state index in [9.17, 15) is 9.59 Å². The molecule has 0 atom stereocenters. The lowest BCUT2D eigenvalue weighted by Crippen LogP contribution is -2.42. The fourth-order valence-electron chi connectivity index (χ4n) is 2.93. The zero-order valence-electron chi connectivity index (χ0n) is 14.1. The van der Waals surface area contributed by atoms with Crippen LogP contribution in [0.4, 0.5) is 0 Å². The number of likely N-dealkylation sites (tertiary alicyclic amines) is 1. The van der Waals surface area contributed by atoms with Gasteiger partial charge in [-0.15, -0.1) is 0 Å². The van der Waals surface area contributed by atoms with Gasteiger partial charge >= 0.3 is 0 Å². The topological polar surface area (TPSA) is 78.9 Å². The molecule has 1 N–H and O–H groups in total. The van der Waals surface area contributed by atoms with E-state index < -0.39 is 0 Å². The van der Waals surface area contributed by atoms with Crippen molar-refractivity contribution in [2.45, 2.75) is 25.9 Å². The van der Waals surface area contributed by atoms with Gasteiger partial charge in [0.1, 0.15) is 11.5 Å². The summed E-state index contributed by atoms with van der Waals surface area (Å²) < 4.78 is 10.7. The van der Waals surface area contributed by atoms with Crippen LogP contribution in [-0.2, 0) is 22.7 Å². The maximum absolute atomic E-state index is 12.2. The van der Waals surface area contributed by atoms with E-state index in [0.717, 1.165) is 37.5 Å². The molecule has 1 aliphatic rings. The van der Waals surface area contributed by atoms with Gasteiger partial charge in [0.2, 0.25) is 11.8 Å². The van der Waals surface area contributed by atoms with Crippen molar-refractivity contribution in [3.05, 3.63) is 48.3 Å². The van der Waals surface area contributed by atoms with E-state index in [2.05, 4.69) is 5.32 Å². The van der Waals surface area contributed by atoms with E-state index >= 15 is 0 Å². The molecule has 2 amide bonds. The molecule has 2 aromatic rings. The standard InChI is InChI=1S/C18H23N3O4/c22-17(19-11-18(23)21-7-1-2-8-21)14-20(12-15-5-3-9-24-15)13-16-6-4-10-25-16/h3-6,9-10H,1-2,7-8,11-14H2,(H,19,22). The van der Waals surface area contributed by atoms with Crippen LogP contribution in [-0.4, -0.2) is 47.8 Å². The van der Waals surface area contributed by atoms with Crippen molar-refractivity contribution in [2.75, 3.05) is 26.2 Å². The summed E-state index contributed by atoms with van der Waals surface area (Å²) >= 11 is 0. The molecule has 0 saturated carbocycles. The Morgan fingerprint density at radius 2 is 1.64 bits per heavy atom. The molecule has 0 aromatic carbocycles. The van der Waals surface area contributed by atoms with E-state index in [1.54, 1.807) is 17.4 Å². The van der Waals surface area contributed by atoms with Crippen LogP contribution in [0.15, 0.2) is 45.6 Å². The molecule has 0 spiro atoms. The highest BCUT2D eigenvalue weighted by Crippen LogP contribution is 2.11. The number of nitrogens with one attached hydrogen (secondary N) is 1. The molecule has 7 heteroatoms. The number of furan rings is 2. The monoisotopic (exact) mass is 345 g/mol. The Balaban J connectivity index is 1.51. The molecule has 134 valence electrons. The number of carbonyl (C=O) groups excluding carboxylic acids is 2. The molecule has 25 heavy (non-hydrogen) atoms. The Bertz CT molecular complexity index is 624. The summed E-state index contributed by atoms with van der Waals surface area (Å²) in [7, 11) is 0. The molecular weight excluding hydrogens is 322 g/mol. The Hall–Kier alpha value is -2.54. The lowest BCUT2D eigenvalue weighted by Gasteiger charge is -2.20. The zero-order chi connectivity index (χ0) is 17.5. The molecule has 7 nitrogen and oxygen atoms in total. The summed E-state index contributed by atoms with van der Waals surface area (Å²) in [6, 6.07) is 7.36. The van der Waals surface area contributed by atoms with Crippen LogP contribution in [0, 0.1) is 0 Å². The van der Waals surface area contributed by atoms with Crippen LogP contribution in [0.2, 0.25) is 0 Å². The Morgan fingerprint density at radius 3 is 2.16 bits per heavy atom.